The first-order valence-corrected chi connectivity index (χ1v) is 8.69. The summed E-state index contributed by atoms with van der Waals surface area (Å²) in [6.07, 6.45) is 1.81. The van der Waals surface area contributed by atoms with Gasteiger partial charge in [-0.15, -0.1) is 0 Å². The molecular formula is C20H17NO5. The number of carbonyl (C=O) groups is 2. The third-order valence-corrected chi connectivity index (χ3v) is 5.32. The number of benzene rings is 2. The average Bonchev–Trinajstić information content (AvgIpc) is 3.37. The van der Waals surface area contributed by atoms with E-state index in [4.69, 9.17) is 9.47 Å². The summed E-state index contributed by atoms with van der Waals surface area (Å²) in [6.45, 7) is 0.153. The highest BCUT2D eigenvalue weighted by molar-refractivity contribution is 6.00. The van der Waals surface area contributed by atoms with Gasteiger partial charge in [0.15, 0.2) is 11.5 Å². The Hall–Kier alpha value is -3.02. The summed E-state index contributed by atoms with van der Waals surface area (Å²) in [4.78, 5) is 27.2. The van der Waals surface area contributed by atoms with Crippen molar-refractivity contribution in [2.45, 2.75) is 30.8 Å². The van der Waals surface area contributed by atoms with Gasteiger partial charge < -0.3 is 19.5 Å². The van der Waals surface area contributed by atoms with Gasteiger partial charge in [0.05, 0.1) is 6.04 Å². The highest BCUT2D eigenvalue weighted by Gasteiger charge is 2.49. The highest BCUT2D eigenvalue weighted by atomic mass is 16.7. The van der Waals surface area contributed by atoms with Crippen molar-refractivity contribution in [3.05, 3.63) is 59.2 Å². The number of carbonyl (C=O) groups excluding carboxylic acids is 1. The molecule has 0 bridgehead atoms. The maximum atomic E-state index is 13.2. The highest BCUT2D eigenvalue weighted by Crippen LogP contribution is 2.49. The lowest BCUT2D eigenvalue weighted by molar-refractivity contribution is -0.140. The third kappa shape index (κ3) is 2.18. The summed E-state index contributed by atoms with van der Waals surface area (Å²) < 4.78 is 10.8. The van der Waals surface area contributed by atoms with Gasteiger partial charge in [0, 0.05) is 11.6 Å². The molecule has 1 saturated carbocycles. The average molecular weight is 351 g/mol. The first-order valence-electron chi connectivity index (χ1n) is 8.69. The minimum Gasteiger partial charge on any atom is -0.481 e. The van der Waals surface area contributed by atoms with E-state index in [0.717, 1.165) is 18.4 Å². The van der Waals surface area contributed by atoms with E-state index in [1.165, 1.54) is 0 Å². The maximum Gasteiger partial charge on any atom is 0.313 e. The molecule has 0 radical (unpaired) electrons. The fourth-order valence-corrected chi connectivity index (χ4v) is 4.02. The zero-order chi connectivity index (χ0) is 17.8. The Morgan fingerprint density at radius 3 is 2.62 bits per heavy atom. The van der Waals surface area contributed by atoms with Crippen molar-refractivity contribution in [3.8, 4) is 11.5 Å². The smallest absolute Gasteiger partial charge is 0.313 e. The molecule has 2 aromatic rings. The van der Waals surface area contributed by atoms with Crippen LogP contribution in [0.4, 0.5) is 0 Å². The molecule has 5 rings (SSSR count). The summed E-state index contributed by atoms with van der Waals surface area (Å²) in [5.74, 6) is -0.610. The molecule has 2 unspecified atom stereocenters. The lowest BCUT2D eigenvalue weighted by Gasteiger charge is -2.41. The maximum absolute atomic E-state index is 13.2. The summed E-state index contributed by atoms with van der Waals surface area (Å²) >= 11 is 0. The summed E-state index contributed by atoms with van der Waals surface area (Å²) in [5.41, 5.74) is 1.82. The number of fused-ring (bicyclic) bond motifs is 2. The standard InChI is InChI=1S/C20H17NO5/c22-19-14-4-2-1-3-13(14)17(20(23)24)18(21(19)12-6-7-12)11-5-8-15-16(9-11)26-10-25-15/h1-5,8-9,12,17-18H,6-7,10H2,(H,23,24). The van der Waals surface area contributed by atoms with Crippen LogP contribution in [-0.2, 0) is 4.79 Å². The van der Waals surface area contributed by atoms with Crippen molar-refractivity contribution in [1.82, 2.24) is 4.90 Å². The Kier molecular flexibility index (Phi) is 3.22. The molecule has 2 aliphatic heterocycles. The van der Waals surface area contributed by atoms with Gasteiger partial charge in [0.2, 0.25) is 6.79 Å². The van der Waals surface area contributed by atoms with E-state index in [9.17, 15) is 14.7 Å². The van der Waals surface area contributed by atoms with E-state index in [0.29, 0.717) is 22.6 Å². The van der Waals surface area contributed by atoms with Crippen LogP contribution in [0, 0.1) is 0 Å². The number of hydrogen-bond donors (Lipinski definition) is 1. The van der Waals surface area contributed by atoms with Crippen LogP contribution in [0.1, 0.15) is 46.3 Å². The van der Waals surface area contributed by atoms with Gasteiger partial charge >= 0.3 is 5.97 Å². The number of hydrogen-bond acceptors (Lipinski definition) is 4. The van der Waals surface area contributed by atoms with Crippen molar-refractivity contribution < 1.29 is 24.2 Å². The van der Waals surface area contributed by atoms with Gasteiger partial charge in [-0.1, -0.05) is 24.3 Å². The molecule has 6 heteroatoms. The van der Waals surface area contributed by atoms with Gasteiger partial charge in [-0.2, -0.15) is 0 Å². The Morgan fingerprint density at radius 1 is 1.08 bits per heavy atom. The zero-order valence-corrected chi connectivity index (χ0v) is 13.9. The molecule has 132 valence electrons. The third-order valence-electron chi connectivity index (χ3n) is 5.32. The number of aliphatic carboxylic acids is 1. The van der Waals surface area contributed by atoms with Crippen LogP contribution in [0.2, 0.25) is 0 Å². The lowest BCUT2D eigenvalue weighted by Crippen LogP contribution is -2.46. The Morgan fingerprint density at radius 2 is 1.85 bits per heavy atom. The van der Waals surface area contributed by atoms with Gasteiger partial charge in [-0.25, -0.2) is 0 Å². The van der Waals surface area contributed by atoms with E-state index in [1.807, 2.05) is 6.07 Å². The Labute approximate surface area is 149 Å². The molecule has 2 heterocycles. The van der Waals surface area contributed by atoms with E-state index in [1.54, 1.807) is 41.3 Å². The minimum atomic E-state index is -0.932. The van der Waals surface area contributed by atoms with E-state index in [2.05, 4.69) is 0 Å². The number of amides is 1. The molecule has 0 aromatic heterocycles. The topological polar surface area (TPSA) is 76.1 Å². The summed E-state index contributed by atoms with van der Waals surface area (Å²) in [6, 6.07) is 12.0. The van der Waals surface area contributed by atoms with Crippen LogP contribution in [0.15, 0.2) is 42.5 Å². The van der Waals surface area contributed by atoms with Crippen molar-refractivity contribution in [1.29, 1.82) is 0 Å². The normalized spacial score (nSPS) is 23.7. The monoisotopic (exact) mass is 351 g/mol. The molecule has 2 atom stereocenters. The number of carboxylic acid groups (broad SMARTS) is 1. The van der Waals surface area contributed by atoms with Crippen LogP contribution in [0.25, 0.3) is 0 Å². The molecule has 2 aromatic carbocycles. The zero-order valence-electron chi connectivity index (χ0n) is 13.9. The van der Waals surface area contributed by atoms with Crippen LogP contribution in [0.5, 0.6) is 11.5 Å². The molecule has 0 spiro atoms. The predicted octanol–water partition coefficient (Wildman–Crippen LogP) is 2.94. The molecule has 1 fully saturated rings. The second-order valence-corrected chi connectivity index (χ2v) is 6.90. The van der Waals surface area contributed by atoms with Gasteiger partial charge in [-0.05, 0) is 42.2 Å². The lowest BCUT2D eigenvalue weighted by atomic mass is 9.79. The van der Waals surface area contributed by atoms with Gasteiger partial charge in [0.1, 0.15) is 5.92 Å². The van der Waals surface area contributed by atoms with E-state index >= 15 is 0 Å². The second-order valence-electron chi connectivity index (χ2n) is 6.90. The molecule has 6 nitrogen and oxygen atoms in total. The van der Waals surface area contributed by atoms with Crippen molar-refractivity contribution >= 4 is 11.9 Å². The molecule has 1 amide bonds. The number of ether oxygens (including phenoxy) is 2. The fourth-order valence-electron chi connectivity index (χ4n) is 4.02. The van der Waals surface area contributed by atoms with Crippen LogP contribution < -0.4 is 9.47 Å². The summed E-state index contributed by atoms with van der Waals surface area (Å²) in [7, 11) is 0. The Balaban J connectivity index is 1.70. The van der Waals surface area contributed by atoms with Crippen molar-refractivity contribution in [2.75, 3.05) is 6.79 Å². The molecule has 1 N–H and O–H groups in total. The number of rotatable bonds is 3. The van der Waals surface area contributed by atoms with Gasteiger partial charge in [0.25, 0.3) is 5.91 Å². The van der Waals surface area contributed by atoms with Crippen LogP contribution in [0.3, 0.4) is 0 Å². The largest absolute Gasteiger partial charge is 0.481 e. The molecule has 26 heavy (non-hydrogen) atoms. The fraction of sp³-hybridized carbons (Fsp3) is 0.300. The second kappa shape index (κ2) is 5.49. The molecule has 3 aliphatic rings. The summed E-state index contributed by atoms with van der Waals surface area (Å²) in [5, 5.41) is 10.0. The number of carboxylic acids is 1. The van der Waals surface area contributed by atoms with Gasteiger partial charge in [-0.3, -0.25) is 9.59 Å². The molecule has 0 saturated heterocycles. The van der Waals surface area contributed by atoms with E-state index < -0.39 is 17.9 Å². The number of nitrogens with zero attached hydrogens (tertiary/aromatic N) is 1. The SMILES string of the molecule is O=C(O)C1c2ccccc2C(=O)N(C2CC2)C1c1ccc2c(c1)OCO2. The molecule has 1 aliphatic carbocycles. The Bertz CT molecular complexity index is 920. The minimum absolute atomic E-state index is 0.0909. The van der Waals surface area contributed by atoms with Crippen molar-refractivity contribution in [3.63, 3.8) is 0 Å². The van der Waals surface area contributed by atoms with Crippen LogP contribution >= 0.6 is 0 Å². The quantitative estimate of drug-likeness (QED) is 0.920. The van der Waals surface area contributed by atoms with Crippen LogP contribution in [-0.4, -0.2) is 34.7 Å². The predicted molar refractivity (Wildman–Crippen MR) is 91.3 cm³/mol. The molecular weight excluding hydrogens is 334 g/mol. The first kappa shape index (κ1) is 15.3. The van der Waals surface area contributed by atoms with Crippen molar-refractivity contribution in [2.24, 2.45) is 0 Å². The van der Waals surface area contributed by atoms with E-state index in [-0.39, 0.29) is 18.7 Å². The first-order chi connectivity index (χ1) is 12.6.